The Bertz CT molecular complexity index is 1640. The number of hydrogen-bond acceptors (Lipinski definition) is 5. The number of piperidine rings is 1. The van der Waals surface area contributed by atoms with Crippen molar-refractivity contribution < 1.29 is 17.9 Å². The van der Waals surface area contributed by atoms with Crippen LogP contribution in [0.4, 0.5) is 5.69 Å². The minimum absolute atomic E-state index is 0.0138. The molecule has 0 radical (unpaired) electrons. The Morgan fingerprint density at radius 1 is 0.905 bits per heavy atom. The van der Waals surface area contributed by atoms with Crippen molar-refractivity contribution in [2.45, 2.75) is 30.7 Å². The quantitative estimate of drug-likeness (QED) is 0.167. The van der Waals surface area contributed by atoms with E-state index in [1.165, 1.54) is 42.7 Å². The van der Waals surface area contributed by atoms with Gasteiger partial charge >= 0.3 is 0 Å². The molecule has 3 N–H and O–H groups in total. The maximum atomic E-state index is 13.2. The fourth-order valence-corrected chi connectivity index (χ4v) is 6.58. The average Bonchev–Trinajstić information content (AvgIpc) is 2.99. The van der Waals surface area contributed by atoms with E-state index in [0.717, 1.165) is 35.5 Å². The van der Waals surface area contributed by atoms with Crippen molar-refractivity contribution in [3.63, 3.8) is 0 Å². The van der Waals surface area contributed by atoms with Gasteiger partial charge in [-0.05, 0) is 104 Å². The molecule has 42 heavy (non-hydrogen) atoms. The maximum Gasteiger partial charge on any atom is 0.262 e. The average molecular weight is 669 g/mol. The van der Waals surface area contributed by atoms with Crippen LogP contribution in [0.25, 0.3) is 0 Å². The standard InChI is InChI=1S/C32H31BrClN3O4S/c33-26-11-14-30(28(34)20-26)41-31-4-2-1-3-29(31)37-42(39,40)27-12-9-25(10-13-27)32(38)36-21-24-7-5-22(6-8-24)19-23-15-17-35-18-16-23/h1-14,20,23,35,37H,15-19,21H2,(H,36,38). The smallest absolute Gasteiger partial charge is 0.262 e. The molecule has 0 aliphatic carbocycles. The van der Waals surface area contributed by atoms with Gasteiger partial charge in [-0.15, -0.1) is 0 Å². The Balaban J connectivity index is 1.18. The number of ether oxygens (including phenoxy) is 1. The van der Waals surface area contributed by atoms with E-state index in [2.05, 4.69) is 43.4 Å². The number of sulfonamides is 1. The summed E-state index contributed by atoms with van der Waals surface area (Å²) < 4.78 is 35.6. The number of anilines is 1. The number of hydrogen-bond donors (Lipinski definition) is 3. The van der Waals surface area contributed by atoms with Crippen LogP contribution in [0.1, 0.15) is 34.3 Å². The summed E-state index contributed by atoms with van der Waals surface area (Å²) in [6.45, 7) is 2.56. The number of amides is 1. The van der Waals surface area contributed by atoms with Gasteiger partial charge in [0.15, 0.2) is 5.75 Å². The topological polar surface area (TPSA) is 96.5 Å². The van der Waals surface area contributed by atoms with Crippen molar-refractivity contribution in [3.8, 4) is 11.5 Å². The van der Waals surface area contributed by atoms with E-state index in [9.17, 15) is 13.2 Å². The first kappa shape index (κ1) is 30.1. The maximum absolute atomic E-state index is 13.2. The Kier molecular flexibility index (Phi) is 9.84. The van der Waals surface area contributed by atoms with Gasteiger partial charge in [-0.2, -0.15) is 0 Å². The predicted octanol–water partition coefficient (Wildman–Crippen LogP) is 7.17. The predicted molar refractivity (Wildman–Crippen MR) is 170 cm³/mol. The van der Waals surface area contributed by atoms with Gasteiger partial charge in [0.25, 0.3) is 15.9 Å². The van der Waals surface area contributed by atoms with Crippen LogP contribution in [0.3, 0.4) is 0 Å². The summed E-state index contributed by atoms with van der Waals surface area (Å²) in [7, 11) is -3.96. The van der Waals surface area contributed by atoms with E-state index >= 15 is 0 Å². The molecule has 1 saturated heterocycles. The van der Waals surface area contributed by atoms with E-state index in [4.69, 9.17) is 16.3 Å². The highest BCUT2D eigenvalue weighted by Crippen LogP contribution is 2.36. The number of nitrogens with one attached hydrogen (secondary N) is 3. The van der Waals surface area contributed by atoms with Crippen LogP contribution in [0.2, 0.25) is 5.02 Å². The second-order valence-electron chi connectivity index (χ2n) is 10.2. The Hall–Kier alpha value is -3.37. The molecular formula is C32H31BrClN3O4S. The van der Waals surface area contributed by atoms with Crippen LogP contribution >= 0.6 is 27.5 Å². The first-order valence-corrected chi connectivity index (χ1v) is 16.3. The molecular weight excluding hydrogens is 638 g/mol. The molecule has 0 saturated carbocycles. The second kappa shape index (κ2) is 13.7. The van der Waals surface area contributed by atoms with Gasteiger partial charge in [0.2, 0.25) is 0 Å². The van der Waals surface area contributed by atoms with Gasteiger partial charge in [-0.1, -0.05) is 63.9 Å². The molecule has 5 rings (SSSR count). The number of halogens is 2. The molecule has 1 amide bonds. The highest BCUT2D eigenvalue weighted by molar-refractivity contribution is 9.10. The summed E-state index contributed by atoms with van der Waals surface area (Å²) in [6, 6.07) is 26.0. The molecule has 1 fully saturated rings. The number of para-hydroxylation sites is 2. The monoisotopic (exact) mass is 667 g/mol. The lowest BCUT2D eigenvalue weighted by atomic mass is 9.91. The van der Waals surface area contributed by atoms with Gasteiger partial charge in [-0.3, -0.25) is 9.52 Å². The lowest BCUT2D eigenvalue weighted by molar-refractivity contribution is 0.0951. The van der Waals surface area contributed by atoms with Crippen LogP contribution < -0.4 is 20.1 Å². The number of carbonyl (C=O) groups excluding carboxylic acids is 1. The highest BCUT2D eigenvalue weighted by atomic mass is 79.9. The van der Waals surface area contributed by atoms with Crippen LogP contribution in [0.5, 0.6) is 11.5 Å². The largest absolute Gasteiger partial charge is 0.454 e. The van der Waals surface area contributed by atoms with Gasteiger partial charge in [0.05, 0.1) is 15.6 Å². The minimum Gasteiger partial charge on any atom is -0.454 e. The molecule has 0 bridgehead atoms. The Labute approximate surface area is 259 Å². The molecule has 0 unspecified atom stereocenters. The first-order valence-electron chi connectivity index (χ1n) is 13.7. The van der Waals surface area contributed by atoms with Crippen molar-refractivity contribution in [1.82, 2.24) is 10.6 Å². The summed E-state index contributed by atoms with van der Waals surface area (Å²) in [5.41, 5.74) is 2.94. The lowest BCUT2D eigenvalue weighted by Crippen LogP contribution is -2.28. The van der Waals surface area contributed by atoms with Crippen LogP contribution in [0.15, 0.2) is 100 Å². The van der Waals surface area contributed by atoms with Crippen molar-refractivity contribution in [3.05, 3.63) is 117 Å². The van der Waals surface area contributed by atoms with Gasteiger partial charge in [-0.25, -0.2) is 8.42 Å². The van der Waals surface area contributed by atoms with Crippen molar-refractivity contribution in [1.29, 1.82) is 0 Å². The van der Waals surface area contributed by atoms with Gasteiger partial charge in [0.1, 0.15) is 5.75 Å². The van der Waals surface area contributed by atoms with Crippen LogP contribution in [0, 0.1) is 5.92 Å². The second-order valence-corrected chi connectivity index (χ2v) is 13.2. The minimum atomic E-state index is -3.96. The van der Waals surface area contributed by atoms with Crippen LogP contribution in [-0.4, -0.2) is 27.4 Å². The third kappa shape index (κ3) is 7.92. The van der Waals surface area contributed by atoms with E-state index in [0.29, 0.717) is 28.6 Å². The Morgan fingerprint density at radius 2 is 1.60 bits per heavy atom. The first-order chi connectivity index (χ1) is 20.3. The van der Waals surface area contributed by atoms with Gasteiger partial charge in [0, 0.05) is 16.6 Å². The molecule has 1 heterocycles. The lowest BCUT2D eigenvalue weighted by Gasteiger charge is -2.22. The summed E-state index contributed by atoms with van der Waals surface area (Å²) in [6.07, 6.45) is 3.49. The molecule has 0 aromatic heterocycles. The summed E-state index contributed by atoms with van der Waals surface area (Å²) in [5, 5.41) is 6.69. The van der Waals surface area contributed by atoms with E-state index < -0.39 is 10.0 Å². The molecule has 10 heteroatoms. The molecule has 7 nitrogen and oxygen atoms in total. The Morgan fingerprint density at radius 3 is 2.31 bits per heavy atom. The van der Waals surface area contributed by atoms with Crippen molar-refractivity contribution >= 4 is 49.1 Å². The molecule has 1 aliphatic rings. The number of carbonyl (C=O) groups is 1. The summed E-state index contributed by atoms with van der Waals surface area (Å²) in [4.78, 5) is 12.8. The number of benzene rings is 4. The molecule has 218 valence electrons. The van der Waals surface area contributed by atoms with Crippen molar-refractivity contribution in [2.24, 2.45) is 5.92 Å². The molecule has 1 aliphatic heterocycles. The molecule has 0 spiro atoms. The summed E-state index contributed by atoms with van der Waals surface area (Å²) in [5.74, 6) is 1.12. The fourth-order valence-electron chi connectivity index (χ4n) is 4.80. The van der Waals surface area contributed by atoms with E-state index in [1.807, 2.05) is 12.1 Å². The fraction of sp³-hybridized carbons (Fsp3) is 0.219. The van der Waals surface area contributed by atoms with E-state index in [1.54, 1.807) is 42.5 Å². The third-order valence-corrected chi connectivity index (χ3v) is 9.30. The SMILES string of the molecule is O=C(NCc1ccc(CC2CCNCC2)cc1)c1ccc(S(=O)(=O)Nc2ccccc2Oc2ccc(Br)cc2Cl)cc1. The zero-order chi connectivity index (χ0) is 29.5. The van der Waals surface area contributed by atoms with Crippen LogP contribution in [-0.2, 0) is 23.0 Å². The van der Waals surface area contributed by atoms with Gasteiger partial charge < -0.3 is 15.4 Å². The summed E-state index contributed by atoms with van der Waals surface area (Å²) >= 11 is 9.62. The third-order valence-electron chi connectivity index (χ3n) is 7.13. The molecule has 4 aromatic rings. The number of rotatable bonds is 10. The molecule has 4 aromatic carbocycles. The van der Waals surface area contributed by atoms with E-state index in [-0.39, 0.29) is 16.5 Å². The highest BCUT2D eigenvalue weighted by Gasteiger charge is 2.18. The van der Waals surface area contributed by atoms with Crippen molar-refractivity contribution in [2.75, 3.05) is 17.8 Å². The zero-order valence-electron chi connectivity index (χ0n) is 22.8. The zero-order valence-corrected chi connectivity index (χ0v) is 25.9. The molecule has 0 atom stereocenters. The normalized spacial score (nSPS) is 13.9.